The predicted octanol–water partition coefficient (Wildman–Crippen LogP) is 1.71. The fraction of sp³-hybridized carbons (Fsp3) is 0.571. The summed E-state index contributed by atoms with van der Waals surface area (Å²) in [4.78, 5) is 9.68. The minimum atomic E-state index is -3.97. The van der Waals surface area contributed by atoms with Crippen molar-refractivity contribution >= 4 is 15.7 Å². The number of rotatable bonds is 6. The van der Waals surface area contributed by atoms with Gasteiger partial charge in [0.1, 0.15) is 5.82 Å². The fourth-order valence-corrected chi connectivity index (χ4v) is 3.71. The molecule has 0 amide bonds. The van der Waals surface area contributed by atoms with E-state index in [-0.39, 0.29) is 12.1 Å². The molecule has 2 N–H and O–H groups in total. The van der Waals surface area contributed by atoms with Crippen LogP contribution in [0.1, 0.15) is 24.8 Å². The van der Waals surface area contributed by atoms with E-state index in [2.05, 4.69) is 10.0 Å². The first-order chi connectivity index (χ1) is 10.8. The Kier molecular flexibility index (Phi) is 5.66. The van der Waals surface area contributed by atoms with Crippen LogP contribution in [0.25, 0.3) is 0 Å². The van der Waals surface area contributed by atoms with Crippen LogP contribution in [0.3, 0.4) is 0 Å². The highest BCUT2D eigenvalue weighted by atomic mass is 32.2. The van der Waals surface area contributed by atoms with E-state index in [1.165, 1.54) is 6.92 Å². The van der Waals surface area contributed by atoms with Gasteiger partial charge in [-0.15, -0.1) is 0 Å². The molecule has 7 nitrogen and oxygen atoms in total. The van der Waals surface area contributed by atoms with Crippen molar-refractivity contribution < 1.29 is 17.7 Å². The Hall–Kier alpha value is -1.58. The first-order valence-electron chi connectivity index (χ1n) is 7.46. The summed E-state index contributed by atoms with van der Waals surface area (Å²) in [6, 6.07) is 1.70. The van der Waals surface area contributed by atoms with Crippen molar-refractivity contribution in [2.75, 3.05) is 19.6 Å². The second kappa shape index (κ2) is 7.33. The van der Waals surface area contributed by atoms with Gasteiger partial charge in [0.2, 0.25) is 10.0 Å². The molecule has 1 aliphatic heterocycles. The lowest BCUT2D eigenvalue weighted by Gasteiger charge is -2.22. The molecule has 0 saturated carbocycles. The smallest absolute Gasteiger partial charge is 0.276 e. The van der Waals surface area contributed by atoms with Crippen LogP contribution in [0.15, 0.2) is 17.0 Å². The first kappa shape index (κ1) is 17.8. The lowest BCUT2D eigenvalue weighted by molar-refractivity contribution is -0.385. The van der Waals surface area contributed by atoms with Crippen LogP contribution in [-0.2, 0) is 10.0 Å². The number of nitrogens with one attached hydrogen (secondary N) is 2. The molecule has 0 bridgehead atoms. The SMILES string of the molecule is Cc1c(F)cc(S(=O)(=O)NCCC2CCCNC2)cc1[N+](=O)[O-]. The van der Waals surface area contributed by atoms with Crippen molar-refractivity contribution in [3.05, 3.63) is 33.6 Å². The Bertz CT molecular complexity index is 688. The molecule has 23 heavy (non-hydrogen) atoms. The highest BCUT2D eigenvalue weighted by Crippen LogP contribution is 2.25. The van der Waals surface area contributed by atoms with Gasteiger partial charge in [0.05, 0.1) is 15.4 Å². The summed E-state index contributed by atoms with van der Waals surface area (Å²) in [6.07, 6.45) is 2.77. The van der Waals surface area contributed by atoms with Gasteiger partial charge in [-0.3, -0.25) is 10.1 Å². The standard InChI is InChI=1S/C14H20FN3O4S/c1-10-13(15)7-12(8-14(10)18(19)20)23(21,22)17-6-4-11-3-2-5-16-9-11/h7-8,11,16-17H,2-6,9H2,1H3. The lowest BCUT2D eigenvalue weighted by Crippen LogP contribution is -2.33. The second-order valence-corrected chi connectivity index (χ2v) is 7.47. The van der Waals surface area contributed by atoms with Crippen LogP contribution in [0.5, 0.6) is 0 Å². The molecule has 0 radical (unpaired) electrons. The summed E-state index contributed by atoms with van der Waals surface area (Å²) in [6.45, 7) is 3.30. The van der Waals surface area contributed by atoms with E-state index in [0.717, 1.165) is 38.1 Å². The lowest BCUT2D eigenvalue weighted by atomic mass is 9.96. The van der Waals surface area contributed by atoms with E-state index in [0.29, 0.717) is 12.3 Å². The maximum Gasteiger partial charge on any atom is 0.276 e. The zero-order valence-electron chi connectivity index (χ0n) is 12.8. The minimum absolute atomic E-state index is 0.178. The summed E-state index contributed by atoms with van der Waals surface area (Å²) in [5, 5.41) is 14.1. The van der Waals surface area contributed by atoms with Crippen LogP contribution in [0.4, 0.5) is 10.1 Å². The maximum absolute atomic E-state index is 13.7. The van der Waals surface area contributed by atoms with E-state index in [4.69, 9.17) is 0 Å². The molecule has 1 aromatic carbocycles. The van der Waals surface area contributed by atoms with E-state index in [9.17, 15) is 22.9 Å². The largest absolute Gasteiger partial charge is 0.316 e. The fourth-order valence-electron chi connectivity index (χ4n) is 2.64. The Morgan fingerprint density at radius 1 is 1.48 bits per heavy atom. The Balaban J connectivity index is 2.08. The third kappa shape index (κ3) is 4.46. The molecule has 1 atom stereocenters. The van der Waals surface area contributed by atoms with Gasteiger partial charge in [-0.05, 0) is 51.3 Å². The average molecular weight is 345 g/mol. The van der Waals surface area contributed by atoms with Crippen molar-refractivity contribution in [1.29, 1.82) is 0 Å². The van der Waals surface area contributed by atoms with Crippen molar-refractivity contribution in [3.8, 4) is 0 Å². The van der Waals surface area contributed by atoms with Crippen molar-refractivity contribution in [3.63, 3.8) is 0 Å². The number of hydrogen-bond acceptors (Lipinski definition) is 5. The average Bonchev–Trinajstić information content (AvgIpc) is 2.50. The molecular weight excluding hydrogens is 325 g/mol. The van der Waals surface area contributed by atoms with Gasteiger partial charge in [0.15, 0.2) is 0 Å². The van der Waals surface area contributed by atoms with Gasteiger partial charge >= 0.3 is 0 Å². The van der Waals surface area contributed by atoms with E-state index in [1.807, 2.05) is 0 Å². The topological polar surface area (TPSA) is 101 Å². The molecule has 0 aliphatic carbocycles. The molecule has 0 aromatic heterocycles. The van der Waals surface area contributed by atoms with Crippen LogP contribution < -0.4 is 10.0 Å². The zero-order valence-corrected chi connectivity index (χ0v) is 13.7. The van der Waals surface area contributed by atoms with Gasteiger partial charge in [-0.2, -0.15) is 0 Å². The van der Waals surface area contributed by atoms with Crippen molar-refractivity contribution in [1.82, 2.24) is 10.0 Å². The number of piperidine rings is 1. The molecule has 1 fully saturated rings. The second-order valence-electron chi connectivity index (χ2n) is 5.71. The molecular formula is C14H20FN3O4S. The quantitative estimate of drug-likeness (QED) is 0.604. The van der Waals surface area contributed by atoms with Crippen LogP contribution in [0.2, 0.25) is 0 Å². The van der Waals surface area contributed by atoms with Crippen LogP contribution in [-0.4, -0.2) is 33.0 Å². The predicted molar refractivity (Wildman–Crippen MR) is 83.2 cm³/mol. The van der Waals surface area contributed by atoms with E-state index >= 15 is 0 Å². The zero-order chi connectivity index (χ0) is 17.0. The molecule has 1 aromatic rings. The van der Waals surface area contributed by atoms with Crippen molar-refractivity contribution in [2.45, 2.75) is 31.1 Å². The number of benzene rings is 1. The molecule has 9 heteroatoms. The summed E-state index contributed by atoms with van der Waals surface area (Å²) in [5.41, 5.74) is -0.718. The van der Waals surface area contributed by atoms with E-state index in [1.54, 1.807) is 0 Å². The molecule has 128 valence electrons. The van der Waals surface area contributed by atoms with E-state index < -0.39 is 31.3 Å². The van der Waals surface area contributed by atoms with Crippen LogP contribution >= 0.6 is 0 Å². The third-order valence-corrected chi connectivity index (χ3v) is 5.48. The van der Waals surface area contributed by atoms with Gasteiger partial charge in [0.25, 0.3) is 5.69 Å². The number of nitro benzene ring substituents is 1. The Labute approximate surface area is 134 Å². The van der Waals surface area contributed by atoms with Gasteiger partial charge in [-0.25, -0.2) is 17.5 Å². The summed E-state index contributed by atoms with van der Waals surface area (Å²) in [5.74, 6) is -0.508. The number of nitro groups is 1. The highest BCUT2D eigenvalue weighted by molar-refractivity contribution is 7.89. The van der Waals surface area contributed by atoms with Crippen molar-refractivity contribution in [2.24, 2.45) is 5.92 Å². The number of hydrogen-bond donors (Lipinski definition) is 2. The van der Waals surface area contributed by atoms with Gasteiger partial charge in [0, 0.05) is 12.6 Å². The Morgan fingerprint density at radius 2 is 2.22 bits per heavy atom. The Morgan fingerprint density at radius 3 is 2.83 bits per heavy atom. The normalized spacial score (nSPS) is 18.8. The summed E-state index contributed by atoms with van der Waals surface area (Å²) < 4.78 is 40.5. The van der Waals surface area contributed by atoms with Gasteiger partial charge in [-0.1, -0.05) is 0 Å². The highest BCUT2D eigenvalue weighted by Gasteiger charge is 2.23. The molecule has 2 rings (SSSR count). The molecule has 1 aliphatic rings. The monoisotopic (exact) mass is 345 g/mol. The summed E-state index contributed by atoms with van der Waals surface area (Å²) >= 11 is 0. The first-order valence-corrected chi connectivity index (χ1v) is 8.94. The summed E-state index contributed by atoms with van der Waals surface area (Å²) in [7, 11) is -3.97. The van der Waals surface area contributed by atoms with Gasteiger partial charge < -0.3 is 5.32 Å². The minimum Gasteiger partial charge on any atom is -0.316 e. The molecule has 1 unspecified atom stereocenters. The van der Waals surface area contributed by atoms with Crippen LogP contribution in [0, 0.1) is 28.8 Å². The maximum atomic E-state index is 13.7. The molecule has 1 saturated heterocycles. The molecule has 1 heterocycles. The number of nitrogens with zero attached hydrogens (tertiary/aromatic N) is 1. The number of sulfonamides is 1. The number of halogens is 1. The third-order valence-electron chi connectivity index (χ3n) is 4.04. The molecule has 0 spiro atoms.